The lowest BCUT2D eigenvalue weighted by atomic mass is 10.1. The number of nitrogens with zero attached hydrogens (tertiary/aromatic N) is 2. The molecule has 0 amide bonds. The van der Waals surface area contributed by atoms with E-state index in [4.69, 9.17) is 2.74 Å². The molecule has 0 aliphatic carbocycles. The molecular formula is C11H13F5N4O. The molecule has 1 aromatic rings. The van der Waals surface area contributed by atoms with Crippen LogP contribution in [-0.4, -0.2) is 41.3 Å². The topological polar surface area (TPSA) is 59.1 Å². The Morgan fingerprint density at radius 1 is 1.48 bits per heavy atom. The molecule has 0 unspecified atom stereocenters. The Bertz CT molecular complexity index is 554. The Balaban J connectivity index is 1.98. The number of rotatable bonds is 3. The van der Waals surface area contributed by atoms with E-state index in [1.807, 2.05) is 0 Å². The maximum atomic E-state index is 13.3. The summed E-state index contributed by atoms with van der Waals surface area (Å²) < 4.78 is 82.5. The second-order valence-corrected chi connectivity index (χ2v) is 4.39. The summed E-state index contributed by atoms with van der Waals surface area (Å²) in [6.07, 6.45) is -8.44. The predicted molar refractivity (Wildman–Crippen MR) is 62.8 cm³/mol. The summed E-state index contributed by atoms with van der Waals surface area (Å²) in [6.45, 7) is -1.88. The first-order valence-electron chi connectivity index (χ1n) is 6.89. The second-order valence-electron chi connectivity index (χ2n) is 4.39. The highest BCUT2D eigenvalue weighted by Crippen LogP contribution is 2.28. The third-order valence-electron chi connectivity index (χ3n) is 2.76. The third-order valence-corrected chi connectivity index (χ3v) is 2.76. The van der Waals surface area contributed by atoms with Crippen molar-refractivity contribution in [3.05, 3.63) is 18.0 Å². The van der Waals surface area contributed by atoms with E-state index in [1.54, 1.807) is 0 Å². The highest BCUT2D eigenvalue weighted by molar-refractivity contribution is 5.26. The van der Waals surface area contributed by atoms with Crippen LogP contribution in [0.25, 0.3) is 0 Å². The van der Waals surface area contributed by atoms with Crippen LogP contribution in [0.2, 0.25) is 0 Å². The fourth-order valence-corrected chi connectivity index (χ4v) is 1.62. The minimum atomic E-state index is -4.56. The van der Waals surface area contributed by atoms with E-state index in [-0.39, 0.29) is 12.5 Å². The number of hydrogen-bond acceptors (Lipinski definition) is 5. The quantitative estimate of drug-likeness (QED) is 0.834. The maximum absolute atomic E-state index is 13.3. The van der Waals surface area contributed by atoms with Crippen LogP contribution in [0.15, 0.2) is 12.4 Å². The monoisotopic (exact) mass is 314 g/mol. The predicted octanol–water partition coefficient (Wildman–Crippen LogP) is 1.88. The average Bonchev–Trinajstić information content (AvgIpc) is 2.40. The molecule has 2 rings (SSSR count). The summed E-state index contributed by atoms with van der Waals surface area (Å²) in [6, 6.07) is -0.865. The van der Waals surface area contributed by atoms with Gasteiger partial charge in [-0.1, -0.05) is 0 Å². The molecule has 118 valence electrons. The summed E-state index contributed by atoms with van der Waals surface area (Å²) in [4.78, 5) is 6.93. The van der Waals surface area contributed by atoms with Crippen molar-refractivity contribution < 1.29 is 29.4 Å². The van der Waals surface area contributed by atoms with Crippen LogP contribution in [0.3, 0.4) is 0 Å². The molecule has 1 aliphatic heterocycles. The van der Waals surface area contributed by atoms with Gasteiger partial charge in [0.2, 0.25) is 5.95 Å². The van der Waals surface area contributed by atoms with Crippen LogP contribution >= 0.6 is 0 Å². The largest absolute Gasteiger partial charge is 0.419 e. The lowest BCUT2D eigenvalue weighted by molar-refractivity contribution is -0.278. The SMILES string of the molecule is [2H]C1([2H])N[C@H](CNc2ncc(C(F)(F)F)cn2)[C@H](C)OC1(F)F. The van der Waals surface area contributed by atoms with Gasteiger partial charge in [0.1, 0.15) is 0 Å². The molecule has 2 heterocycles. The zero-order valence-corrected chi connectivity index (χ0v) is 10.7. The van der Waals surface area contributed by atoms with Gasteiger partial charge in [0.25, 0.3) is 0 Å². The standard InChI is InChI=1S/C11H13F5N4O/c1-6-8(20-5-10(12,13)21-6)4-19-9-17-2-7(3-18-9)11(14,15)16/h2-3,6,8,20H,4-5H2,1H3,(H,17,18,19)/t6-,8+/m0/s1/i5D2. The number of alkyl halides is 5. The maximum Gasteiger partial charge on any atom is 0.419 e. The number of nitrogens with one attached hydrogen (secondary N) is 2. The van der Waals surface area contributed by atoms with Crippen molar-refractivity contribution in [1.29, 1.82) is 0 Å². The zero-order valence-electron chi connectivity index (χ0n) is 12.7. The minimum Gasteiger partial charge on any atom is -0.353 e. The fourth-order valence-electron chi connectivity index (χ4n) is 1.62. The Labute approximate surface area is 119 Å². The van der Waals surface area contributed by atoms with E-state index in [0.29, 0.717) is 12.4 Å². The van der Waals surface area contributed by atoms with Gasteiger partial charge in [-0.3, -0.25) is 0 Å². The number of ether oxygens (including phenoxy) is 1. The van der Waals surface area contributed by atoms with Gasteiger partial charge in [-0.25, -0.2) is 9.97 Å². The van der Waals surface area contributed by atoms with Crippen LogP contribution in [0.5, 0.6) is 0 Å². The first-order chi connectivity index (χ1) is 10.4. The summed E-state index contributed by atoms with van der Waals surface area (Å²) in [5.74, 6) is -0.148. The van der Waals surface area contributed by atoms with Crippen LogP contribution < -0.4 is 10.6 Å². The van der Waals surface area contributed by atoms with Gasteiger partial charge in [-0.2, -0.15) is 22.0 Å². The zero-order chi connectivity index (χ0) is 17.5. The third kappa shape index (κ3) is 4.21. The van der Waals surface area contributed by atoms with Crippen molar-refractivity contribution in [3.63, 3.8) is 0 Å². The molecule has 10 heteroatoms. The number of aromatic nitrogens is 2. The Kier molecular flexibility index (Phi) is 3.55. The molecule has 0 bridgehead atoms. The summed E-state index contributed by atoms with van der Waals surface area (Å²) >= 11 is 0. The molecule has 0 spiro atoms. The number of anilines is 1. The minimum absolute atomic E-state index is 0.123. The van der Waals surface area contributed by atoms with E-state index in [2.05, 4.69) is 25.3 Å². The van der Waals surface area contributed by atoms with Gasteiger partial charge in [0.05, 0.1) is 26.9 Å². The first kappa shape index (κ1) is 13.1. The lowest BCUT2D eigenvalue weighted by Crippen LogP contribution is -2.57. The normalized spacial score (nSPS) is 29.4. The van der Waals surface area contributed by atoms with E-state index in [0.717, 1.165) is 0 Å². The van der Waals surface area contributed by atoms with Gasteiger partial charge in [0.15, 0.2) is 0 Å². The van der Waals surface area contributed by atoms with Crippen LogP contribution in [-0.2, 0) is 10.9 Å². The molecule has 1 saturated heterocycles. The van der Waals surface area contributed by atoms with Gasteiger partial charge in [0, 0.05) is 18.9 Å². The smallest absolute Gasteiger partial charge is 0.353 e. The van der Waals surface area contributed by atoms with Gasteiger partial charge < -0.3 is 15.4 Å². The Morgan fingerprint density at radius 3 is 2.67 bits per heavy atom. The van der Waals surface area contributed by atoms with Crippen molar-refractivity contribution in [1.82, 2.24) is 15.3 Å². The van der Waals surface area contributed by atoms with Crippen LogP contribution in [0.1, 0.15) is 15.2 Å². The summed E-state index contributed by atoms with van der Waals surface area (Å²) in [5.41, 5.74) is -1.02. The van der Waals surface area contributed by atoms with Crippen molar-refractivity contribution in [2.45, 2.75) is 31.4 Å². The van der Waals surface area contributed by atoms with E-state index in [1.165, 1.54) is 6.92 Å². The van der Waals surface area contributed by atoms with Gasteiger partial charge in [-0.05, 0) is 6.92 Å². The molecule has 1 aliphatic rings. The van der Waals surface area contributed by atoms with E-state index >= 15 is 0 Å². The number of hydrogen-bond donors (Lipinski definition) is 2. The second kappa shape index (κ2) is 5.68. The molecule has 1 aromatic heterocycles. The average molecular weight is 314 g/mol. The van der Waals surface area contributed by atoms with Gasteiger partial charge >= 0.3 is 12.3 Å². The van der Waals surface area contributed by atoms with Crippen molar-refractivity contribution >= 4 is 5.95 Å². The highest BCUT2D eigenvalue weighted by atomic mass is 19.4. The molecule has 0 radical (unpaired) electrons. The van der Waals surface area contributed by atoms with Gasteiger partial charge in [-0.15, -0.1) is 0 Å². The molecule has 2 atom stereocenters. The fraction of sp³-hybridized carbons (Fsp3) is 0.636. The van der Waals surface area contributed by atoms with E-state index < -0.39 is 36.5 Å². The molecule has 5 nitrogen and oxygen atoms in total. The Morgan fingerprint density at radius 2 is 2.10 bits per heavy atom. The van der Waals surface area contributed by atoms with E-state index in [9.17, 15) is 22.0 Å². The molecule has 0 aromatic carbocycles. The molecule has 1 fully saturated rings. The van der Waals surface area contributed by atoms with Crippen molar-refractivity contribution in [3.8, 4) is 0 Å². The Hall–Kier alpha value is -1.55. The molecule has 0 saturated carbocycles. The van der Waals surface area contributed by atoms with Crippen molar-refractivity contribution in [2.75, 3.05) is 18.4 Å². The lowest BCUT2D eigenvalue weighted by Gasteiger charge is -2.35. The molecular weight excluding hydrogens is 299 g/mol. The molecule has 2 N–H and O–H groups in total. The summed E-state index contributed by atoms with van der Waals surface area (Å²) in [7, 11) is 0. The van der Waals surface area contributed by atoms with Crippen LogP contribution in [0, 0.1) is 0 Å². The highest BCUT2D eigenvalue weighted by Gasteiger charge is 2.40. The number of halogens is 5. The first-order valence-corrected chi connectivity index (χ1v) is 5.89. The van der Waals surface area contributed by atoms with Crippen molar-refractivity contribution in [2.24, 2.45) is 0 Å². The van der Waals surface area contributed by atoms with Crippen LogP contribution in [0.4, 0.5) is 27.9 Å². The number of morpholine rings is 1. The summed E-state index contributed by atoms with van der Waals surface area (Å²) in [5, 5.41) is 4.64. The molecule has 21 heavy (non-hydrogen) atoms.